The van der Waals surface area contributed by atoms with Gasteiger partial charge in [0.05, 0.1) is 19.0 Å². The van der Waals surface area contributed by atoms with Crippen molar-refractivity contribution in [1.29, 1.82) is 5.26 Å². The highest BCUT2D eigenvalue weighted by Gasteiger charge is 2.19. The second kappa shape index (κ2) is 3.54. The van der Waals surface area contributed by atoms with Crippen molar-refractivity contribution in [3.8, 4) is 6.07 Å². The number of fused-ring (bicyclic) bond motifs is 1. The summed E-state index contributed by atoms with van der Waals surface area (Å²) < 4.78 is 7.26. The lowest BCUT2D eigenvalue weighted by molar-refractivity contribution is -0.0587. The number of imidazole rings is 1. The molecule has 2 aromatic rings. The Morgan fingerprint density at radius 3 is 3.12 bits per heavy atom. The van der Waals surface area contributed by atoms with Gasteiger partial charge >= 0.3 is 0 Å². The molecule has 0 bridgehead atoms. The van der Waals surface area contributed by atoms with Crippen molar-refractivity contribution in [1.82, 2.24) is 19.7 Å². The number of aromatic nitrogens is 4. The normalized spacial score (nSPS) is 19.3. The Kier molecular flexibility index (Phi) is 2.04. The zero-order valence-corrected chi connectivity index (χ0v) is 8.50. The molecule has 0 aromatic carbocycles. The molecule has 0 amide bonds. The minimum absolute atomic E-state index is 0.259. The van der Waals surface area contributed by atoms with Crippen molar-refractivity contribution < 1.29 is 4.74 Å². The summed E-state index contributed by atoms with van der Waals surface area (Å²) >= 11 is 0. The molecule has 2 aromatic heterocycles. The summed E-state index contributed by atoms with van der Waals surface area (Å²) in [7, 11) is 0. The van der Waals surface area contributed by atoms with E-state index in [9.17, 15) is 0 Å². The lowest BCUT2D eigenvalue weighted by Crippen LogP contribution is -2.31. The van der Waals surface area contributed by atoms with Gasteiger partial charge < -0.3 is 9.30 Å². The largest absolute Gasteiger partial charge is 0.376 e. The maximum atomic E-state index is 8.69. The minimum Gasteiger partial charge on any atom is -0.376 e. The van der Waals surface area contributed by atoms with Gasteiger partial charge in [-0.15, -0.1) is 10.2 Å². The van der Waals surface area contributed by atoms with Gasteiger partial charge in [-0.3, -0.25) is 0 Å². The van der Waals surface area contributed by atoms with E-state index < -0.39 is 0 Å². The number of nitriles is 1. The van der Waals surface area contributed by atoms with E-state index in [0.29, 0.717) is 11.2 Å². The lowest BCUT2D eigenvalue weighted by atomic mass is 10.2. The van der Waals surface area contributed by atoms with Crippen LogP contribution in [0.1, 0.15) is 12.1 Å². The van der Waals surface area contributed by atoms with Gasteiger partial charge in [0.1, 0.15) is 11.6 Å². The van der Waals surface area contributed by atoms with Crippen LogP contribution in [0.15, 0.2) is 12.4 Å². The van der Waals surface area contributed by atoms with Crippen LogP contribution in [0.2, 0.25) is 0 Å². The highest BCUT2D eigenvalue weighted by molar-refractivity contribution is 5.70. The molecular weight excluding hydrogens is 206 g/mol. The van der Waals surface area contributed by atoms with E-state index in [0.717, 1.165) is 19.6 Å². The van der Waals surface area contributed by atoms with Crippen LogP contribution >= 0.6 is 0 Å². The summed E-state index contributed by atoms with van der Waals surface area (Å²) in [5.41, 5.74) is 1.69. The standard InChI is InChI=1S/C10H9N5O/c11-4-7-3-9-10(14-13-7)15(6-12-9)5-8-1-2-16-8/h3,6,8H,1-2,5H2. The Labute approximate surface area is 91.5 Å². The monoisotopic (exact) mass is 215 g/mol. The van der Waals surface area contributed by atoms with Crippen LogP contribution in [0, 0.1) is 11.3 Å². The number of ether oxygens (including phenoxy) is 1. The molecule has 3 heterocycles. The first-order chi connectivity index (χ1) is 7.86. The first-order valence-electron chi connectivity index (χ1n) is 5.07. The van der Waals surface area contributed by atoms with Gasteiger partial charge in [-0.25, -0.2) is 4.98 Å². The topological polar surface area (TPSA) is 76.6 Å². The van der Waals surface area contributed by atoms with Crippen LogP contribution in [0.25, 0.3) is 11.2 Å². The molecule has 0 spiro atoms. The zero-order valence-electron chi connectivity index (χ0n) is 8.50. The number of rotatable bonds is 2. The molecule has 0 saturated carbocycles. The van der Waals surface area contributed by atoms with Gasteiger partial charge in [0.25, 0.3) is 0 Å². The van der Waals surface area contributed by atoms with Crippen LogP contribution in [0.5, 0.6) is 0 Å². The first kappa shape index (κ1) is 9.24. The highest BCUT2D eigenvalue weighted by atomic mass is 16.5. The molecule has 6 nitrogen and oxygen atoms in total. The molecule has 0 aliphatic carbocycles. The molecule has 1 saturated heterocycles. The van der Waals surface area contributed by atoms with Gasteiger partial charge in [0, 0.05) is 12.7 Å². The van der Waals surface area contributed by atoms with E-state index >= 15 is 0 Å². The van der Waals surface area contributed by atoms with Crippen LogP contribution in [0.3, 0.4) is 0 Å². The number of hydrogen-bond donors (Lipinski definition) is 0. The van der Waals surface area contributed by atoms with Crippen molar-refractivity contribution in [3.05, 3.63) is 18.1 Å². The van der Waals surface area contributed by atoms with Crippen LogP contribution < -0.4 is 0 Å². The second-order valence-electron chi connectivity index (χ2n) is 3.73. The van der Waals surface area contributed by atoms with Gasteiger partial charge in [0.2, 0.25) is 0 Å². The lowest BCUT2D eigenvalue weighted by Gasteiger charge is -2.26. The Hall–Kier alpha value is -2.00. The molecule has 0 N–H and O–H groups in total. The second-order valence-corrected chi connectivity index (χ2v) is 3.73. The predicted molar refractivity (Wildman–Crippen MR) is 54.4 cm³/mol. The van der Waals surface area contributed by atoms with E-state index in [1.807, 2.05) is 10.6 Å². The van der Waals surface area contributed by atoms with Crippen molar-refractivity contribution >= 4 is 11.2 Å². The average Bonchev–Trinajstić information content (AvgIpc) is 2.65. The molecule has 1 unspecified atom stereocenters. The van der Waals surface area contributed by atoms with E-state index in [1.165, 1.54) is 0 Å². The summed E-state index contributed by atoms with van der Waals surface area (Å²) in [5, 5.41) is 16.5. The molecule has 6 heteroatoms. The fourth-order valence-electron chi connectivity index (χ4n) is 1.70. The van der Waals surface area contributed by atoms with Gasteiger partial charge in [-0.1, -0.05) is 0 Å². The zero-order chi connectivity index (χ0) is 11.0. The number of hydrogen-bond acceptors (Lipinski definition) is 5. The fraction of sp³-hybridized carbons (Fsp3) is 0.400. The van der Waals surface area contributed by atoms with Crippen molar-refractivity contribution in [2.75, 3.05) is 6.61 Å². The molecule has 80 valence electrons. The molecule has 16 heavy (non-hydrogen) atoms. The van der Waals surface area contributed by atoms with E-state index in [4.69, 9.17) is 10.00 Å². The summed E-state index contributed by atoms with van der Waals surface area (Å²) in [6, 6.07) is 3.58. The van der Waals surface area contributed by atoms with Crippen molar-refractivity contribution in [3.63, 3.8) is 0 Å². The molecule has 1 aliphatic rings. The highest BCUT2D eigenvalue weighted by Crippen LogP contribution is 2.16. The maximum absolute atomic E-state index is 8.69. The quantitative estimate of drug-likeness (QED) is 0.728. The van der Waals surface area contributed by atoms with Crippen LogP contribution in [-0.4, -0.2) is 32.5 Å². The van der Waals surface area contributed by atoms with Gasteiger partial charge in [-0.05, 0) is 6.42 Å². The van der Waals surface area contributed by atoms with Gasteiger partial charge in [0.15, 0.2) is 11.3 Å². The Balaban J connectivity index is 1.97. The third-order valence-corrected chi connectivity index (χ3v) is 2.67. The Morgan fingerprint density at radius 1 is 1.56 bits per heavy atom. The molecule has 0 radical (unpaired) electrons. The van der Waals surface area contributed by atoms with Gasteiger partial charge in [-0.2, -0.15) is 5.26 Å². The maximum Gasteiger partial charge on any atom is 0.182 e. The summed E-state index contributed by atoms with van der Waals surface area (Å²) in [6.45, 7) is 1.58. The Morgan fingerprint density at radius 2 is 2.44 bits per heavy atom. The van der Waals surface area contributed by atoms with Crippen LogP contribution in [-0.2, 0) is 11.3 Å². The summed E-state index contributed by atoms with van der Waals surface area (Å²) in [4.78, 5) is 4.19. The average molecular weight is 215 g/mol. The molecule has 3 rings (SSSR count). The van der Waals surface area contributed by atoms with Crippen molar-refractivity contribution in [2.45, 2.75) is 19.1 Å². The van der Waals surface area contributed by atoms with Crippen molar-refractivity contribution in [2.24, 2.45) is 0 Å². The van der Waals surface area contributed by atoms with E-state index in [-0.39, 0.29) is 11.8 Å². The third kappa shape index (κ3) is 1.42. The predicted octanol–water partition coefficient (Wildman–Crippen LogP) is 0.487. The summed E-state index contributed by atoms with van der Waals surface area (Å²) in [6.07, 6.45) is 3.04. The SMILES string of the molecule is N#Cc1cc2ncn(CC3CCO3)c2nn1. The Bertz CT molecular complexity index is 566. The third-order valence-electron chi connectivity index (χ3n) is 2.67. The minimum atomic E-state index is 0.259. The fourth-order valence-corrected chi connectivity index (χ4v) is 1.70. The van der Waals surface area contributed by atoms with E-state index in [1.54, 1.807) is 12.4 Å². The molecular formula is C10H9N5O. The molecule has 1 aliphatic heterocycles. The number of nitrogens with zero attached hydrogens (tertiary/aromatic N) is 5. The smallest absolute Gasteiger partial charge is 0.182 e. The molecule has 1 atom stereocenters. The first-order valence-corrected chi connectivity index (χ1v) is 5.07. The van der Waals surface area contributed by atoms with Crippen LogP contribution in [0.4, 0.5) is 0 Å². The summed E-state index contributed by atoms with van der Waals surface area (Å²) in [5.74, 6) is 0. The molecule has 1 fully saturated rings. The van der Waals surface area contributed by atoms with E-state index in [2.05, 4.69) is 15.2 Å².